The summed E-state index contributed by atoms with van der Waals surface area (Å²) < 4.78 is 13.5. The molecular formula is C15H28FN7O. The maximum absolute atomic E-state index is 13.5. The molecule has 0 aromatic carbocycles. The summed E-state index contributed by atoms with van der Waals surface area (Å²) in [4.78, 5) is 15.3. The predicted molar refractivity (Wildman–Crippen MR) is 87.3 cm³/mol. The molecule has 4 heterocycles. The van der Waals surface area contributed by atoms with Crippen molar-refractivity contribution in [1.82, 2.24) is 31.3 Å². The Hall–Kier alpha value is -0.840. The topological polar surface area (TPSA) is 97.7 Å². The van der Waals surface area contributed by atoms with Gasteiger partial charge in [0, 0.05) is 25.7 Å². The van der Waals surface area contributed by atoms with Crippen LogP contribution in [0, 0.1) is 11.8 Å². The molecule has 0 saturated carbocycles. The molecule has 24 heavy (non-hydrogen) atoms. The maximum Gasteiger partial charge on any atom is 0.229 e. The molecule has 9 heteroatoms. The number of likely N-dealkylation sites (N-methyl/N-ethyl adjacent to an activating group) is 1. The highest BCUT2D eigenvalue weighted by molar-refractivity contribution is 5.81. The zero-order valence-electron chi connectivity index (χ0n) is 14.0. The molecule has 0 bridgehead atoms. The number of halogens is 1. The monoisotopic (exact) mass is 341 g/mol. The second kappa shape index (κ2) is 6.47. The van der Waals surface area contributed by atoms with Crippen molar-refractivity contribution in [2.24, 2.45) is 17.6 Å². The molecule has 6 N–H and O–H groups in total. The van der Waals surface area contributed by atoms with E-state index in [1.807, 2.05) is 0 Å². The largest absolute Gasteiger partial charge is 0.350 e. The number of carbonyl (C=O) groups excluding carboxylic acids is 1. The van der Waals surface area contributed by atoms with Crippen molar-refractivity contribution in [2.75, 3.05) is 39.8 Å². The van der Waals surface area contributed by atoms with Gasteiger partial charge in [0.15, 0.2) is 0 Å². The summed E-state index contributed by atoms with van der Waals surface area (Å²) in [5, 5.41) is 11.5. The lowest BCUT2D eigenvalue weighted by atomic mass is 9.89. The van der Waals surface area contributed by atoms with Crippen molar-refractivity contribution in [3.05, 3.63) is 0 Å². The Morgan fingerprint density at radius 1 is 1.33 bits per heavy atom. The Morgan fingerprint density at radius 3 is 3.00 bits per heavy atom. The number of alkyl halides is 1. The van der Waals surface area contributed by atoms with Crippen LogP contribution in [-0.4, -0.2) is 86.2 Å². The third-order valence-corrected chi connectivity index (χ3v) is 5.98. The molecule has 0 spiro atoms. The maximum atomic E-state index is 13.5. The Balaban J connectivity index is 1.44. The van der Waals surface area contributed by atoms with E-state index in [0.29, 0.717) is 12.0 Å². The van der Waals surface area contributed by atoms with Crippen LogP contribution in [0.3, 0.4) is 0 Å². The van der Waals surface area contributed by atoms with E-state index in [4.69, 9.17) is 5.73 Å². The molecule has 0 radical (unpaired) electrons. The van der Waals surface area contributed by atoms with Crippen LogP contribution in [0.1, 0.15) is 6.42 Å². The molecule has 0 aromatic heterocycles. The van der Waals surface area contributed by atoms with E-state index < -0.39 is 18.3 Å². The van der Waals surface area contributed by atoms with Gasteiger partial charge in [-0.2, -0.15) is 0 Å². The highest BCUT2D eigenvalue weighted by Crippen LogP contribution is 2.28. The smallest absolute Gasteiger partial charge is 0.229 e. The molecule has 0 aromatic rings. The van der Waals surface area contributed by atoms with Gasteiger partial charge in [-0.25, -0.2) is 14.8 Å². The number of carbonyl (C=O) groups is 1. The third kappa shape index (κ3) is 2.83. The van der Waals surface area contributed by atoms with Crippen LogP contribution >= 0.6 is 0 Å². The van der Waals surface area contributed by atoms with Crippen molar-refractivity contribution < 1.29 is 9.18 Å². The molecule has 1 amide bonds. The summed E-state index contributed by atoms with van der Waals surface area (Å²) in [6, 6.07) is 0.467. The van der Waals surface area contributed by atoms with Crippen LogP contribution in [-0.2, 0) is 4.79 Å². The number of fused-ring (bicyclic) bond motifs is 2. The van der Waals surface area contributed by atoms with Gasteiger partial charge in [-0.3, -0.25) is 10.1 Å². The van der Waals surface area contributed by atoms with E-state index in [9.17, 15) is 9.18 Å². The summed E-state index contributed by atoms with van der Waals surface area (Å²) in [6.45, 7) is 3.39. The van der Waals surface area contributed by atoms with Gasteiger partial charge in [-0.1, -0.05) is 0 Å². The third-order valence-electron chi connectivity index (χ3n) is 5.98. The zero-order valence-corrected chi connectivity index (χ0v) is 14.0. The number of amides is 1. The fourth-order valence-corrected chi connectivity index (χ4v) is 4.85. The number of hydrogen-bond donors (Lipinski definition) is 5. The van der Waals surface area contributed by atoms with Crippen molar-refractivity contribution in [2.45, 2.75) is 37.0 Å². The number of likely N-dealkylation sites (tertiary alicyclic amines) is 1. The molecule has 8 nitrogen and oxygen atoms in total. The summed E-state index contributed by atoms with van der Waals surface area (Å²) >= 11 is 0. The van der Waals surface area contributed by atoms with Crippen LogP contribution in [0.25, 0.3) is 0 Å². The first-order valence-corrected chi connectivity index (χ1v) is 8.92. The van der Waals surface area contributed by atoms with Gasteiger partial charge < -0.3 is 21.3 Å². The van der Waals surface area contributed by atoms with E-state index >= 15 is 0 Å². The first-order valence-electron chi connectivity index (χ1n) is 8.92. The van der Waals surface area contributed by atoms with Gasteiger partial charge in [0.25, 0.3) is 0 Å². The second-order valence-electron chi connectivity index (χ2n) is 7.58. The van der Waals surface area contributed by atoms with Crippen LogP contribution < -0.4 is 27.1 Å². The average molecular weight is 341 g/mol. The molecular weight excluding hydrogens is 313 g/mol. The van der Waals surface area contributed by atoms with Crippen LogP contribution in [0.4, 0.5) is 4.39 Å². The number of piperidine rings is 1. The SMILES string of the molecule is CN1CCC2CNCC(NC(=O)C3C(N)NN4CC(F)CNC34)C21. The van der Waals surface area contributed by atoms with Gasteiger partial charge in [0.1, 0.15) is 6.17 Å². The van der Waals surface area contributed by atoms with Crippen LogP contribution in [0.15, 0.2) is 0 Å². The van der Waals surface area contributed by atoms with Gasteiger partial charge >= 0.3 is 0 Å². The first-order chi connectivity index (χ1) is 11.5. The highest BCUT2D eigenvalue weighted by atomic mass is 19.1. The highest BCUT2D eigenvalue weighted by Gasteiger charge is 2.48. The molecule has 4 aliphatic heterocycles. The van der Waals surface area contributed by atoms with E-state index in [-0.39, 0.29) is 31.2 Å². The van der Waals surface area contributed by atoms with Gasteiger partial charge in [0.2, 0.25) is 5.91 Å². The van der Waals surface area contributed by atoms with Crippen molar-refractivity contribution >= 4 is 5.91 Å². The summed E-state index contributed by atoms with van der Waals surface area (Å²) in [5.41, 5.74) is 9.15. The molecule has 136 valence electrons. The normalized spacial score (nSPS) is 46.5. The van der Waals surface area contributed by atoms with Crippen molar-refractivity contribution in [3.63, 3.8) is 0 Å². The summed E-state index contributed by atoms with van der Waals surface area (Å²) in [5.74, 6) is 0.102. The first kappa shape index (κ1) is 16.6. The Bertz CT molecular complexity index is 492. The number of nitrogens with two attached hydrogens (primary N) is 1. The minimum absolute atomic E-state index is 0.0555. The van der Waals surface area contributed by atoms with Crippen molar-refractivity contribution in [3.8, 4) is 0 Å². The van der Waals surface area contributed by atoms with Crippen LogP contribution in [0.2, 0.25) is 0 Å². The lowest BCUT2D eigenvalue weighted by molar-refractivity contribution is -0.128. The fraction of sp³-hybridized carbons (Fsp3) is 0.933. The number of nitrogens with zero attached hydrogens (tertiary/aromatic N) is 2. The molecule has 4 saturated heterocycles. The zero-order chi connectivity index (χ0) is 16.8. The van der Waals surface area contributed by atoms with E-state index in [1.165, 1.54) is 6.42 Å². The minimum Gasteiger partial charge on any atom is -0.350 e. The quantitative estimate of drug-likeness (QED) is 0.375. The van der Waals surface area contributed by atoms with Gasteiger partial charge in [-0.15, -0.1) is 0 Å². The molecule has 0 aliphatic carbocycles. The van der Waals surface area contributed by atoms with E-state index in [2.05, 4.69) is 33.3 Å². The Kier molecular flexibility index (Phi) is 4.48. The van der Waals surface area contributed by atoms with Crippen LogP contribution in [0.5, 0.6) is 0 Å². The van der Waals surface area contributed by atoms with Gasteiger partial charge in [0.05, 0.1) is 24.3 Å². The summed E-state index contributed by atoms with van der Waals surface area (Å²) in [6.07, 6.45) is -0.527. The Labute approximate surface area is 141 Å². The standard InChI is InChI=1S/C15H28FN7O/c1-22-3-2-8-4-18-6-10(12(8)22)20-15(24)11-13(17)21-23-7-9(16)5-19-14(11)23/h8-14,18-19,21H,2-7,17H2,1H3,(H,20,24). The second-order valence-corrected chi connectivity index (χ2v) is 7.58. The lowest BCUT2D eigenvalue weighted by Crippen LogP contribution is -2.63. The molecule has 7 atom stereocenters. The average Bonchev–Trinajstić information content (AvgIpc) is 3.07. The molecule has 4 fully saturated rings. The summed E-state index contributed by atoms with van der Waals surface area (Å²) in [7, 11) is 2.13. The number of hydrazine groups is 1. The number of hydrogen-bond acceptors (Lipinski definition) is 7. The molecule has 4 rings (SSSR count). The molecule has 4 aliphatic rings. The number of rotatable bonds is 2. The predicted octanol–water partition coefficient (Wildman–Crippen LogP) is -2.62. The van der Waals surface area contributed by atoms with Crippen molar-refractivity contribution in [1.29, 1.82) is 0 Å². The molecule has 7 unspecified atom stereocenters. The van der Waals surface area contributed by atoms with Gasteiger partial charge in [-0.05, 0) is 32.5 Å². The number of nitrogens with one attached hydrogen (secondary N) is 4. The lowest BCUT2D eigenvalue weighted by Gasteiger charge is -2.39. The minimum atomic E-state index is -0.946. The Morgan fingerprint density at radius 2 is 2.17 bits per heavy atom. The van der Waals surface area contributed by atoms with E-state index in [1.54, 1.807) is 5.01 Å². The van der Waals surface area contributed by atoms with E-state index in [0.717, 1.165) is 19.6 Å². The fourth-order valence-electron chi connectivity index (χ4n) is 4.85.